The summed E-state index contributed by atoms with van der Waals surface area (Å²) >= 11 is 1.46. The highest BCUT2D eigenvalue weighted by Gasteiger charge is 2.48. The molecule has 0 radical (unpaired) electrons. The maximum atomic E-state index is 13.1. The zero-order valence-electron chi connectivity index (χ0n) is 15.5. The Morgan fingerprint density at radius 3 is 2.50 bits per heavy atom. The molecule has 0 aliphatic carbocycles. The number of sulfonamides is 1. The van der Waals surface area contributed by atoms with Crippen molar-refractivity contribution in [3.05, 3.63) is 54.1 Å². The normalized spacial score (nSPS) is 19.7. The number of thioether (sulfide) groups is 1. The third kappa shape index (κ3) is 3.78. The van der Waals surface area contributed by atoms with Gasteiger partial charge in [-0.2, -0.15) is 21.3 Å². The first-order valence-electron chi connectivity index (χ1n) is 8.66. The van der Waals surface area contributed by atoms with Crippen LogP contribution >= 0.6 is 11.8 Å². The van der Waals surface area contributed by atoms with E-state index in [1.165, 1.54) is 23.9 Å². The maximum Gasteiger partial charge on any atom is 0.323 e. The summed E-state index contributed by atoms with van der Waals surface area (Å²) in [7, 11) is -3.95. The predicted octanol–water partition coefficient (Wildman–Crippen LogP) is 3.19. The number of carboxylic acid groups (broad SMARTS) is 1. The number of rotatable bonds is 4. The minimum Gasteiger partial charge on any atom is -0.480 e. The molecule has 2 aromatic rings. The van der Waals surface area contributed by atoms with Gasteiger partial charge in [-0.3, -0.25) is 4.79 Å². The number of hydrogen-bond donors (Lipinski definition) is 1. The summed E-state index contributed by atoms with van der Waals surface area (Å²) in [5.74, 6) is -0.611. The molecular weight excluding hydrogens is 396 g/mol. The van der Waals surface area contributed by atoms with Crippen LogP contribution in [-0.4, -0.2) is 46.9 Å². The Bertz CT molecular complexity index is 1040. The van der Waals surface area contributed by atoms with Crippen LogP contribution in [0.3, 0.4) is 0 Å². The van der Waals surface area contributed by atoms with Crippen LogP contribution in [0.2, 0.25) is 0 Å². The van der Waals surface area contributed by atoms with E-state index in [1.807, 2.05) is 6.07 Å². The quantitative estimate of drug-likeness (QED) is 0.822. The molecule has 1 unspecified atom stereocenters. The van der Waals surface area contributed by atoms with Gasteiger partial charge in [-0.1, -0.05) is 24.3 Å². The van der Waals surface area contributed by atoms with E-state index in [0.29, 0.717) is 11.3 Å². The van der Waals surface area contributed by atoms with E-state index in [4.69, 9.17) is 5.26 Å². The molecule has 6 nitrogen and oxygen atoms in total. The lowest BCUT2D eigenvalue weighted by Gasteiger charge is -2.42. The fourth-order valence-corrected chi connectivity index (χ4v) is 6.45. The summed E-state index contributed by atoms with van der Waals surface area (Å²) < 4.78 is 26.7. The molecule has 28 heavy (non-hydrogen) atoms. The lowest BCUT2D eigenvalue weighted by Crippen LogP contribution is -2.58. The van der Waals surface area contributed by atoms with Gasteiger partial charge in [0.05, 0.1) is 16.5 Å². The van der Waals surface area contributed by atoms with Gasteiger partial charge in [0.1, 0.15) is 6.04 Å². The van der Waals surface area contributed by atoms with Crippen molar-refractivity contribution in [3.63, 3.8) is 0 Å². The van der Waals surface area contributed by atoms with E-state index >= 15 is 0 Å². The summed E-state index contributed by atoms with van der Waals surface area (Å²) in [6.45, 7) is 3.66. The molecule has 1 fully saturated rings. The average Bonchev–Trinajstić information content (AvgIpc) is 2.67. The van der Waals surface area contributed by atoms with Crippen molar-refractivity contribution in [1.29, 1.82) is 5.26 Å². The maximum absolute atomic E-state index is 13.1. The van der Waals surface area contributed by atoms with E-state index in [-0.39, 0.29) is 11.4 Å². The molecule has 8 heteroatoms. The number of hydrogen-bond acceptors (Lipinski definition) is 5. The van der Waals surface area contributed by atoms with Gasteiger partial charge in [0.25, 0.3) is 0 Å². The van der Waals surface area contributed by atoms with Crippen LogP contribution in [0.1, 0.15) is 19.4 Å². The number of carbonyl (C=O) groups is 1. The van der Waals surface area contributed by atoms with Crippen molar-refractivity contribution in [2.45, 2.75) is 29.5 Å². The van der Waals surface area contributed by atoms with Gasteiger partial charge >= 0.3 is 5.97 Å². The second kappa shape index (κ2) is 7.59. The highest BCUT2D eigenvalue weighted by molar-refractivity contribution is 8.00. The summed E-state index contributed by atoms with van der Waals surface area (Å²) in [6, 6.07) is 14.3. The molecule has 0 amide bonds. The molecule has 1 aliphatic rings. The Hall–Kier alpha value is -2.34. The highest BCUT2D eigenvalue weighted by atomic mass is 32.2. The molecule has 3 rings (SSSR count). The number of carboxylic acids is 1. The molecule has 146 valence electrons. The molecule has 0 aromatic heterocycles. The Labute approximate surface area is 168 Å². The standard InChI is InChI=1S/C20H20N2O4S2/c1-20(2)18(19(23)24)22(10-11-27-20)28(25,26)17-8-6-15(7-9-17)16-5-3-4-14(12-16)13-21/h3-9,12,18H,10-11H2,1-2H3,(H,23,24). The Morgan fingerprint density at radius 2 is 1.89 bits per heavy atom. The van der Waals surface area contributed by atoms with Crippen molar-refractivity contribution in [1.82, 2.24) is 4.31 Å². The molecule has 0 saturated carbocycles. The summed E-state index contributed by atoms with van der Waals surface area (Å²) in [5.41, 5.74) is 2.11. The Balaban J connectivity index is 1.96. The summed E-state index contributed by atoms with van der Waals surface area (Å²) in [4.78, 5) is 11.9. The molecule has 0 spiro atoms. The van der Waals surface area contributed by atoms with Crippen molar-refractivity contribution >= 4 is 27.8 Å². The predicted molar refractivity (Wildman–Crippen MR) is 108 cm³/mol. The second-order valence-corrected chi connectivity index (χ2v) is 10.7. The number of nitriles is 1. The third-order valence-corrected chi connectivity index (χ3v) is 7.98. The Kier molecular flexibility index (Phi) is 5.53. The lowest BCUT2D eigenvalue weighted by molar-refractivity contribution is -0.142. The van der Waals surface area contributed by atoms with E-state index < -0.39 is 26.8 Å². The highest BCUT2D eigenvalue weighted by Crippen LogP contribution is 2.38. The molecule has 1 heterocycles. The van der Waals surface area contributed by atoms with Gasteiger partial charge in [0, 0.05) is 17.0 Å². The smallest absolute Gasteiger partial charge is 0.323 e. The third-order valence-electron chi connectivity index (χ3n) is 4.75. The molecule has 1 aliphatic heterocycles. The number of aliphatic carboxylic acids is 1. The van der Waals surface area contributed by atoms with Crippen LogP contribution in [0.5, 0.6) is 0 Å². The molecule has 1 atom stereocenters. The lowest BCUT2D eigenvalue weighted by atomic mass is 10.0. The van der Waals surface area contributed by atoms with E-state index in [2.05, 4.69) is 6.07 Å². The first kappa shape index (κ1) is 20.4. The monoisotopic (exact) mass is 416 g/mol. The molecule has 2 aromatic carbocycles. The molecule has 1 saturated heterocycles. The molecule has 1 N–H and O–H groups in total. The van der Waals surface area contributed by atoms with Crippen molar-refractivity contribution < 1.29 is 18.3 Å². The van der Waals surface area contributed by atoms with Gasteiger partial charge in [0.15, 0.2) is 0 Å². The van der Waals surface area contributed by atoms with Crippen LogP contribution in [0.15, 0.2) is 53.4 Å². The summed E-state index contributed by atoms with van der Waals surface area (Å²) in [6.07, 6.45) is 0. The molecule has 0 bridgehead atoms. The fourth-order valence-electron chi connectivity index (χ4n) is 3.36. The van der Waals surface area contributed by atoms with Crippen LogP contribution in [0, 0.1) is 11.3 Å². The first-order valence-corrected chi connectivity index (χ1v) is 11.1. The zero-order valence-corrected chi connectivity index (χ0v) is 17.1. The van der Waals surface area contributed by atoms with Gasteiger partial charge in [-0.15, -0.1) is 0 Å². The van der Waals surface area contributed by atoms with Gasteiger partial charge in [0.2, 0.25) is 10.0 Å². The van der Waals surface area contributed by atoms with Crippen LogP contribution in [0.4, 0.5) is 0 Å². The number of nitrogens with zero attached hydrogens (tertiary/aromatic N) is 2. The van der Waals surface area contributed by atoms with Crippen LogP contribution < -0.4 is 0 Å². The van der Waals surface area contributed by atoms with Crippen molar-refractivity contribution in [3.8, 4) is 17.2 Å². The van der Waals surface area contributed by atoms with Crippen LogP contribution in [-0.2, 0) is 14.8 Å². The minimum atomic E-state index is -3.95. The largest absolute Gasteiger partial charge is 0.480 e. The van der Waals surface area contributed by atoms with E-state index in [9.17, 15) is 18.3 Å². The molecular formula is C20H20N2O4S2. The van der Waals surface area contributed by atoms with E-state index in [0.717, 1.165) is 15.4 Å². The minimum absolute atomic E-state index is 0.0571. The number of benzene rings is 2. The van der Waals surface area contributed by atoms with Crippen molar-refractivity contribution in [2.24, 2.45) is 0 Å². The van der Waals surface area contributed by atoms with Crippen LogP contribution in [0.25, 0.3) is 11.1 Å². The second-order valence-electron chi connectivity index (χ2n) is 7.03. The topological polar surface area (TPSA) is 98.5 Å². The van der Waals surface area contributed by atoms with Gasteiger partial charge < -0.3 is 5.11 Å². The first-order chi connectivity index (χ1) is 13.2. The zero-order chi connectivity index (χ0) is 20.5. The Morgan fingerprint density at radius 1 is 1.21 bits per heavy atom. The van der Waals surface area contributed by atoms with Crippen molar-refractivity contribution in [2.75, 3.05) is 12.3 Å². The summed E-state index contributed by atoms with van der Waals surface area (Å²) in [5, 5.41) is 18.7. The van der Waals surface area contributed by atoms with Gasteiger partial charge in [-0.05, 0) is 49.2 Å². The van der Waals surface area contributed by atoms with Gasteiger partial charge in [-0.25, -0.2) is 8.42 Å². The fraction of sp³-hybridized carbons (Fsp3) is 0.300. The SMILES string of the molecule is CC1(C)SCCN(S(=O)(=O)c2ccc(-c3cccc(C#N)c3)cc2)C1C(=O)O. The average molecular weight is 417 g/mol. The van der Waals surface area contributed by atoms with E-state index in [1.54, 1.807) is 44.2 Å².